The molecule has 3 fully saturated rings. The minimum atomic E-state index is -0.928. The van der Waals surface area contributed by atoms with Crippen LogP contribution in [-0.4, -0.2) is 68.4 Å². The van der Waals surface area contributed by atoms with Crippen molar-refractivity contribution in [3.8, 4) is 0 Å². The molecular formula is C15H23N3O3S. The maximum Gasteiger partial charge on any atom is 0.327 e. The van der Waals surface area contributed by atoms with E-state index in [-0.39, 0.29) is 11.3 Å². The number of hydrogen-bond donors (Lipinski definition) is 1. The zero-order valence-electron chi connectivity index (χ0n) is 13.1. The zero-order valence-corrected chi connectivity index (χ0v) is 13.9. The van der Waals surface area contributed by atoms with E-state index in [1.807, 2.05) is 20.2 Å². The van der Waals surface area contributed by atoms with Crippen LogP contribution >= 0.6 is 11.8 Å². The third-order valence-corrected chi connectivity index (χ3v) is 6.24. The molecule has 0 saturated carbocycles. The lowest BCUT2D eigenvalue weighted by molar-refractivity contribution is -0.158. The summed E-state index contributed by atoms with van der Waals surface area (Å²) >= 11 is 1.55. The van der Waals surface area contributed by atoms with Crippen molar-refractivity contribution >= 4 is 30.0 Å². The van der Waals surface area contributed by atoms with Gasteiger partial charge in [0.2, 0.25) is 0 Å². The molecule has 0 aliphatic carbocycles. The van der Waals surface area contributed by atoms with E-state index < -0.39 is 22.8 Å². The average Bonchev–Trinajstić information content (AvgIpc) is 2.60. The van der Waals surface area contributed by atoms with Crippen LogP contribution in [0.1, 0.15) is 39.5 Å². The van der Waals surface area contributed by atoms with Crippen LogP contribution in [0.3, 0.4) is 0 Å². The van der Waals surface area contributed by atoms with E-state index >= 15 is 0 Å². The second-order valence-electron chi connectivity index (χ2n) is 6.76. The van der Waals surface area contributed by atoms with Crippen LogP contribution in [-0.2, 0) is 9.59 Å². The van der Waals surface area contributed by atoms with Crippen LogP contribution in [0.4, 0.5) is 0 Å². The Hall–Kier alpha value is -1.24. The monoisotopic (exact) mass is 325 g/mol. The first-order chi connectivity index (χ1) is 10.4. The van der Waals surface area contributed by atoms with Gasteiger partial charge in [-0.05, 0) is 26.7 Å². The molecule has 3 rings (SSSR count). The van der Waals surface area contributed by atoms with E-state index in [4.69, 9.17) is 0 Å². The molecule has 122 valence electrons. The number of rotatable bonds is 3. The predicted molar refractivity (Wildman–Crippen MR) is 86.0 cm³/mol. The number of amides is 1. The van der Waals surface area contributed by atoms with Gasteiger partial charge >= 0.3 is 5.97 Å². The summed E-state index contributed by atoms with van der Waals surface area (Å²) in [5.41, 5.74) is 0. The van der Waals surface area contributed by atoms with Gasteiger partial charge in [-0.2, -0.15) is 0 Å². The first-order valence-electron chi connectivity index (χ1n) is 7.92. The van der Waals surface area contributed by atoms with Gasteiger partial charge in [0.15, 0.2) is 6.04 Å². The summed E-state index contributed by atoms with van der Waals surface area (Å²) in [7, 11) is 0. The summed E-state index contributed by atoms with van der Waals surface area (Å²) in [6.07, 6.45) is 6.67. The number of aliphatic carboxylic acids is 1. The molecule has 3 atom stereocenters. The fourth-order valence-corrected chi connectivity index (χ4v) is 5.13. The fourth-order valence-electron chi connectivity index (χ4n) is 3.51. The first kappa shape index (κ1) is 15.6. The smallest absolute Gasteiger partial charge is 0.327 e. The molecular weight excluding hydrogens is 302 g/mol. The molecule has 0 aromatic heterocycles. The number of nitrogens with zero attached hydrogens (tertiary/aromatic N) is 3. The van der Waals surface area contributed by atoms with Gasteiger partial charge in [-0.25, -0.2) is 4.79 Å². The second-order valence-corrected chi connectivity index (χ2v) is 8.53. The molecule has 7 heteroatoms. The molecule has 0 spiro atoms. The molecule has 1 unspecified atom stereocenters. The maximum absolute atomic E-state index is 12.3. The molecule has 3 aliphatic heterocycles. The molecule has 3 heterocycles. The Labute approximate surface area is 134 Å². The van der Waals surface area contributed by atoms with Crippen molar-refractivity contribution in [2.45, 2.75) is 61.7 Å². The van der Waals surface area contributed by atoms with Gasteiger partial charge in [0, 0.05) is 17.8 Å². The van der Waals surface area contributed by atoms with Gasteiger partial charge in [-0.15, -0.1) is 11.8 Å². The van der Waals surface area contributed by atoms with Gasteiger partial charge in [0.25, 0.3) is 5.91 Å². The summed E-state index contributed by atoms with van der Waals surface area (Å²) in [5.74, 6) is -1.08. The Morgan fingerprint density at radius 3 is 2.55 bits per heavy atom. The Kier molecular flexibility index (Phi) is 4.09. The number of fused-ring (bicyclic) bond motifs is 1. The van der Waals surface area contributed by atoms with Crippen molar-refractivity contribution in [2.75, 3.05) is 13.1 Å². The van der Waals surface area contributed by atoms with E-state index in [2.05, 4.69) is 9.89 Å². The summed E-state index contributed by atoms with van der Waals surface area (Å²) in [5, 5.41) is 9.25. The number of carboxylic acid groups (broad SMARTS) is 1. The summed E-state index contributed by atoms with van der Waals surface area (Å²) in [6.45, 7) is 5.76. The lowest BCUT2D eigenvalue weighted by Crippen LogP contribution is -2.65. The standard InChI is InChI=1S/C15H23N3O3S/c1-15(2)11(14(20)21)18-12(19)10(13(18)22-15)16-9-17-7-5-3-4-6-8-17/h9-11,13H,3-8H2,1-2H3,(H,20,21)/t10-,11-,13?/m0/s1. The van der Waals surface area contributed by atoms with E-state index in [1.165, 1.54) is 30.6 Å². The van der Waals surface area contributed by atoms with Crippen molar-refractivity contribution in [3.05, 3.63) is 0 Å². The Balaban J connectivity index is 1.68. The van der Waals surface area contributed by atoms with Gasteiger partial charge in [-0.3, -0.25) is 9.79 Å². The van der Waals surface area contributed by atoms with Crippen molar-refractivity contribution in [1.29, 1.82) is 0 Å². The summed E-state index contributed by atoms with van der Waals surface area (Å²) < 4.78 is -0.473. The van der Waals surface area contributed by atoms with E-state index in [0.717, 1.165) is 13.1 Å². The molecule has 0 radical (unpaired) electrons. The number of β-lactam (4-membered cyclic amide) rings is 1. The van der Waals surface area contributed by atoms with Gasteiger partial charge in [0.05, 0.1) is 6.34 Å². The molecule has 6 nitrogen and oxygen atoms in total. The zero-order chi connectivity index (χ0) is 15.9. The van der Waals surface area contributed by atoms with Gasteiger partial charge in [-0.1, -0.05) is 12.8 Å². The van der Waals surface area contributed by atoms with Crippen LogP contribution in [0.2, 0.25) is 0 Å². The molecule has 0 aromatic rings. The highest BCUT2D eigenvalue weighted by Crippen LogP contribution is 2.51. The highest BCUT2D eigenvalue weighted by molar-refractivity contribution is 8.01. The van der Waals surface area contributed by atoms with E-state index in [1.54, 1.807) is 11.8 Å². The number of aliphatic imine (C=N–C) groups is 1. The Morgan fingerprint density at radius 1 is 1.32 bits per heavy atom. The van der Waals surface area contributed by atoms with Crippen molar-refractivity contribution in [2.24, 2.45) is 4.99 Å². The third kappa shape index (κ3) is 2.59. The molecule has 3 aliphatic rings. The molecule has 0 bridgehead atoms. The van der Waals surface area contributed by atoms with Crippen LogP contribution in [0.15, 0.2) is 4.99 Å². The quantitative estimate of drug-likeness (QED) is 0.482. The second kappa shape index (κ2) is 5.76. The normalized spacial score (nSPS) is 34.5. The Morgan fingerprint density at radius 2 is 1.95 bits per heavy atom. The number of hydrogen-bond acceptors (Lipinski definition) is 4. The number of carbonyl (C=O) groups is 2. The molecule has 1 N–H and O–H groups in total. The van der Waals surface area contributed by atoms with Crippen molar-refractivity contribution in [3.63, 3.8) is 0 Å². The number of thioether (sulfide) groups is 1. The largest absolute Gasteiger partial charge is 0.480 e. The third-order valence-electron chi connectivity index (χ3n) is 4.68. The fraction of sp³-hybridized carbons (Fsp3) is 0.800. The van der Waals surface area contributed by atoms with Gasteiger partial charge < -0.3 is 14.9 Å². The van der Waals surface area contributed by atoms with Crippen molar-refractivity contribution in [1.82, 2.24) is 9.80 Å². The van der Waals surface area contributed by atoms with Crippen LogP contribution < -0.4 is 0 Å². The number of likely N-dealkylation sites (tertiary alicyclic amines) is 1. The topological polar surface area (TPSA) is 73.2 Å². The van der Waals surface area contributed by atoms with E-state index in [0.29, 0.717) is 0 Å². The van der Waals surface area contributed by atoms with Crippen LogP contribution in [0.25, 0.3) is 0 Å². The minimum absolute atomic E-state index is 0.133. The minimum Gasteiger partial charge on any atom is -0.480 e. The Bertz CT molecular complexity index is 500. The molecule has 0 aromatic carbocycles. The predicted octanol–water partition coefficient (Wildman–Crippen LogP) is 1.41. The molecule has 22 heavy (non-hydrogen) atoms. The highest BCUT2D eigenvalue weighted by atomic mass is 32.2. The van der Waals surface area contributed by atoms with Crippen molar-refractivity contribution < 1.29 is 14.7 Å². The van der Waals surface area contributed by atoms with Crippen LogP contribution in [0, 0.1) is 0 Å². The first-order valence-corrected chi connectivity index (χ1v) is 8.80. The maximum atomic E-state index is 12.3. The molecule has 1 amide bonds. The summed E-state index contributed by atoms with van der Waals surface area (Å²) in [6, 6.07) is -1.17. The van der Waals surface area contributed by atoms with E-state index in [9.17, 15) is 14.7 Å². The number of carboxylic acids is 1. The lowest BCUT2D eigenvalue weighted by Gasteiger charge is -2.41. The SMILES string of the molecule is CC1(C)SC2[C@@H](N=CN3CCCCCC3)C(=O)N2[C@H]1C(=O)O. The lowest BCUT2D eigenvalue weighted by atomic mass is 9.96. The summed E-state index contributed by atoms with van der Waals surface area (Å²) in [4.78, 5) is 31.9. The van der Waals surface area contributed by atoms with Crippen LogP contribution in [0.5, 0.6) is 0 Å². The van der Waals surface area contributed by atoms with Gasteiger partial charge in [0.1, 0.15) is 11.4 Å². The molecule has 3 saturated heterocycles. The average molecular weight is 325 g/mol. The highest BCUT2D eigenvalue weighted by Gasteiger charge is 2.63. The number of carbonyl (C=O) groups excluding carboxylic acids is 1.